The maximum Gasteiger partial charge on any atom is 0.251 e. The van der Waals surface area contributed by atoms with Crippen molar-refractivity contribution in [3.63, 3.8) is 0 Å². The summed E-state index contributed by atoms with van der Waals surface area (Å²) in [7, 11) is 0. The highest BCUT2D eigenvalue weighted by atomic mass is 32.1. The molecular formula is C32H26F2N4O2S. The van der Waals surface area contributed by atoms with Gasteiger partial charge in [-0.1, -0.05) is 6.07 Å². The molecule has 5 heterocycles. The van der Waals surface area contributed by atoms with Gasteiger partial charge in [0.1, 0.15) is 17.4 Å². The van der Waals surface area contributed by atoms with E-state index in [1.54, 1.807) is 0 Å². The minimum atomic E-state index is -0.729. The van der Waals surface area contributed by atoms with E-state index in [-0.39, 0.29) is 23.3 Å². The minimum absolute atomic E-state index is 0.0902. The van der Waals surface area contributed by atoms with Gasteiger partial charge in [0.05, 0.1) is 28.7 Å². The molecule has 2 aliphatic heterocycles. The van der Waals surface area contributed by atoms with Crippen LogP contribution in [0.5, 0.6) is 5.75 Å². The Morgan fingerprint density at radius 1 is 0.976 bits per heavy atom. The van der Waals surface area contributed by atoms with Gasteiger partial charge in [0.2, 0.25) is 0 Å². The number of aromatic nitrogens is 2. The summed E-state index contributed by atoms with van der Waals surface area (Å²) in [6.45, 7) is 5.68. The molecule has 0 saturated carbocycles. The average Bonchev–Trinajstić information content (AvgIpc) is 3.59. The number of pyridine rings is 2. The first-order valence-corrected chi connectivity index (χ1v) is 14.4. The van der Waals surface area contributed by atoms with Gasteiger partial charge < -0.3 is 15.4 Å². The lowest BCUT2D eigenvalue weighted by Crippen LogP contribution is -2.23. The molecule has 206 valence electrons. The van der Waals surface area contributed by atoms with Gasteiger partial charge in [-0.25, -0.2) is 13.8 Å². The van der Waals surface area contributed by atoms with E-state index in [9.17, 15) is 9.18 Å². The van der Waals surface area contributed by atoms with E-state index in [2.05, 4.69) is 10.6 Å². The Hall–Kier alpha value is -4.21. The first-order valence-electron chi connectivity index (χ1n) is 13.5. The molecule has 9 heteroatoms. The molecule has 1 amide bonds. The van der Waals surface area contributed by atoms with Crippen LogP contribution in [0.15, 0.2) is 54.0 Å². The number of nitrogens with one attached hydrogen (secondary N) is 2. The van der Waals surface area contributed by atoms with Crippen LogP contribution in [0.3, 0.4) is 0 Å². The van der Waals surface area contributed by atoms with Gasteiger partial charge in [-0.05, 0) is 73.1 Å². The lowest BCUT2D eigenvalue weighted by molar-refractivity contribution is 0.0965. The third kappa shape index (κ3) is 4.45. The number of hydrogen-bond acceptors (Lipinski definition) is 6. The summed E-state index contributed by atoms with van der Waals surface area (Å²) in [6.07, 6.45) is 2.44. The zero-order valence-corrected chi connectivity index (χ0v) is 23.3. The molecule has 41 heavy (non-hydrogen) atoms. The SMILES string of the molecule is CC(C)Oc1cc(F)cc(F)c1-c1c(-c2cc3c(cn2)CCNC3)nc(-c2ccc3c(c2)CNC3=O)c2ccsc12. The van der Waals surface area contributed by atoms with Crippen LogP contribution in [0.2, 0.25) is 0 Å². The molecule has 5 aromatic rings. The van der Waals surface area contributed by atoms with E-state index in [4.69, 9.17) is 14.7 Å². The number of carbonyl (C=O) groups excluding carboxylic acids is 1. The molecule has 0 radical (unpaired) electrons. The van der Waals surface area contributed by atoms with Crippen LogP contribution in [0, 0.1) is 11.6 Å². The second kappa shape index (κ2) is 10.0. The zero-order chi connectivity index (χ0) is 28.2. The Labute approximate surface area is 239 Å². The summed E-state index contributed by atoms with van der Waals surface area (Å²) in [6, 6.07) is 11.8. The molecule has 0 fully saturated rings. The Morgan fingerprint density at radius 2 is 1.85 bits per heavy atom. The predicted molar refractivity (Wildman–Crippen MR) is 156 cm³/mol. The lowest BCUT2D eigenvalue weighted by atomic mass is 9.94. The fraction of sp³-hybridized carbons (Fsp3) is 0.219. The van der Waals surface area contributed by atoms with E-state index in [0.29, 0.717) is 41.3 Å². The fourth-order valence-electron chi connectivity index (χ4n) is 5.67. The third-order valence-electron chi connectivity index (χ3n) is 7.51. The smallest absolute Gasteiger partial charge is 0.251 e. The highest BCUT2D eigenvalue weighted by Gasteiger charge is 2.27. The molecule has 0 aliphatic carbocycles. The largest absolute Gasteiger partial charge is 0.490 e. The number of hydrogen-bond donors (Lipinski definition) is 2. The van der Waals surface area contributed by atoms with Crippen molar-refractivity contribution in [2.45, 2.75) is 39.5 Å². The third-order valence-corrected chi connectivity index (χ3v) is 8.45. The van der Waals surface area contributed by atoms with Crippen molar-refractivity contribution in [2.75, 3.05) is 6.54 Å². The molecule has 0 spiro atoms. The Morgan fingerprint density at radius 3 is 2.71 bits per heavy atom. The van der Waals surface area contributed by atoms with Crippen molar-refractivity contribution >= 4 is 27.3 Å². The highest BCUT2D eigenvalue weighted by Crippen LogP contribution is 2.47. The molecular weight excluding hydrogens is 542 g/mol. The summed E-state index contributed by atoms with van der Waals surface area (Å²) >= 11 is 1.46. The molecule has 0 unspecified atom stereocenters. The first-order chi connectivity index (χ1) is 19.9. The molecule has 7 rings (SSSR count). The highest BCUT2D eigenvalue weighted by molar-refractivity contribution is 7.18. The number of nitrogens with zero attached hydrogens (tertiary/aromatic N) is 2. The van der Waals surface area contributed by atoms with Crippen LogP contribution >= 0.6 is 11.3 Å². The molecule has 0 saturated heterocycles. The molecule has 3 aromatic heterocycles. The zero-order valence-electron chi connectivity index (χ0n) is 22.5. The summed E-state index contributed by atoms with van der Waals surface area (Å²) in [4.78, 5) is 22.2. The summed E-state index contributed by atoms with van der Waals surface area (Å²) in [5.74, 6) is -1.42. The molecule has 6 nitrogen and oxygen atoms in total. The van der Waals surface area contributed by atoms with E-state index >= 15 is 4.39 Å². The summed E-state index contributed by atoms with van der Waals surface area (Å²) < 4.78 is 37.1. The number of benzene rings is 2. The van der Waals surface area contributed by atoms with Gasteiger partial charge in [0, 0.05) is 58.2 Å². The van der Waals surface area contributed by atoms with Crippen LogP contribution in [0.1, 0.15) is 40.9 Å². The number of carbonyl (C=O) groups is 1. The summed E-state index contributed by atoms with van der Waals surface area (Å²) in [5, 5.41) is 9.03. The average molecular weight is 569 g/mol. The summed E-state index contributed by atoms with van der Waals surface area (Å²) in [5.41, 5.74) is 7.13. The fourth-order valence-corrected chi connectivity index (χ4v) is 6.62. The Balaban J connectivity index is 1.54. The van der Waals surface area contributed by atoms with E-state index in [1.807, 2.05) is 55.8 Å². The number of thiophene rings is 1. The van der Waals surface area contributed by atoms with Crippen LogP contribution < -0.4 is 15.4 Å². The van der Waals surface area contributed by atoms with Crippen molar-refractivity contribution in [1.29, 1.82) is 0 Å². The van der Waals surface area contributed by atoms with Gasteiger partial charge in [-0.15, -0.1) is 11.3 Å². The van der Waals surface area contributed by atoms with E-state index in [0.717, 1.165) is 45.8 Å². The molecule has 0 bridgehead atoms. The molecule has 0 atom stereocenters. The standard InChI is InChI=1S/C32H26F2N4O2S/c1-16(2)40-26-12-21(33)11-24(34)27(26)28-30(25-10-19-13-35-7-5-18(19)14-36-25)38-29(23-6-8-41-31(23)28)17-3-4-22-20(9-17)15-37-32(22)39/h3-4,6,8-12,14,16,35H,5,7,13,15H2,1-2H3,(H,37,39). The monoisotopic (exact) mass is 568 g/mol. The van der Waals surface area contributed by atoms with Crippen LogP contribution in [-0.4, -0.2) is 28.5 Å². The van der Waals surface area contributed by atoms with Crippen LogP contribution in [-0.2, 0) is 19.5 Å². The predicted octanol–water partition coefficient (Wildman–Crippen LogP) is 6.65. The van der Waals surface area contributed by atoms with Crippen LogP contribution in [0.4, 0.5) is 8.78 Å². The lowest BCUT2D eigenvalue weighted by Gasteiger charge is -2.21. The second-order valence-corrected chi connectivity index (χ2v) is 11.5. The quantitative estimate of drug-likeness (QED) is 0.248. The molecule has 2 aliphatic rings. The van der Waals surface area contributed by atoms with Gasteiger partial charge in [0.15, 0.2) is 0 Å². The van der Waals surface area contributed by atoms with Crippen molar-refractivity contribution < 1.29 is 18.3 Å². The Kier molecular flexibility index (Phi) is 6.28. The van der Waals surface area contributed by atoms with Crippen LogP contribution in [0.25, 0.3) is 43.9 Å². The van der Waals surface area contributed by atoms with Gasteiger partial charge in [0.25, 0.3) is 5.91 Å². The van der Waals surface area contributed by atoms with Crippen molar-refractivity contribution in [1.82, 2.24) is 20.6 Å². The minimum Gasteiger partial charge on any atom is -0.490 e. The molecule has 2 aromatic carbocycles. The van der Waals surface area contributed by atoms with Crippen molar-refractivity contribution in [3.05, 3.63) is 87.9 Å². The molecule has 2 N–H and O–H groups in total. The van der Waals surface area contributed by atoms with Crippen molar-refractivity contribution in [3.8, 4) is 39.5 Å². The number of halogens is 2. The first kappa shape index (κ1) is 25.7. The maximum atomic E-state index is 15.8. The van der Waals surface area contributed by atoms with E-state index in [1.165, 1.54) is 23.0 Å². The number of amides is 1. The van der Waals surface area contributed by atoms with Gasteiger partial charge in [-0.2, -0.15) is 0 Å². The van der Waals surface area contributed by atoms with Gasteiger partial charge >= 0.3 is 0 Å². The number of ether oxygens (including phenoxy) is 1. The topological polar surface area (TPSA) is 76.1 Å². The second-order valence-electron chi connectivity index (χ2n) is 10.6. The van der Waals surface area contributed by atoms with E-state index < -0.39 is 11.6 Å². The Bertz CT molecular complexity index is 1870. The van der Waals surface area contributed by atoms with Crippen molar-refractivity contribution in [2.24, 2.45) is 0 Å². The van der Waals surface area contributed by atoms with Gasteiger partial charge in [-0.3, -0.25) is 9.78 Å². The number of fused-ring (bicyclic) bond motifs is 3. The number of rotatable bonds is 5. The normalized spacial score (nSPS) is 14.3. The maximum absolute atomic E-state index is 15.8.